The van der Waals surface area contributed by atoms with E-state index in [2.05, 4.69) is 9.97 Å². The molecule has 4 aromatic rings. The van der Waals surface area contributed by atoms with Crippen LogP contribution in [0.15, 0.2) is 60.2 Å². The van der Waals surface area contributed by atoms with E-state index < -0.39 is 29.4 Å². The third kappa shape index (κ3) is 4.58. The van der Waals surface area contributed by atoms with Crippen molar-refractivity contribution in [2.24, 2.45) is 0 Å². The normalized spacial score (nSPS) is 16.7. The third-order valence-electron chi connectivity index (χ3n) is 6.50. The second-order valence-electron chi connectivity index (χ2n) is 9.12. The number of aromatic nitrogens is 2. The number of anilines is 1. The highest BCUT2D eigenvalue weighted by Crippen LogP contribution is 2.42. The Balaban J connectivity index is 1.69. The number of fused-ring (bicyclic) bond motifs is 1. The molecule has 1 saturated heterocycles. The van der Waals surface area contributed by atoms with E-state index in [-0.39, 0.29) is 28.3 Å². The zero-order valence-corrected chi connectivity index (χ0v) is 21.4. The Morgan fingerprint density at radius 2 is 1.87 bits per heavy atom. The molecular formula is C29H25F2N3O5. The monoisotopic (exact) mass is 533 g/mol. The molecule has 2 heterocycles. The smallest absolute Gasteiger partial charge is 0.302 e. The number of aliphatic hydroxyl groups excluding tert-OH is 1. The summed E-state index contributed by atoms with van der Waals surface area (Å²) in [6.45, 7) is 4.33. The number of imidazole rings is 1. The van der Waals surface area contributed by atoms with Crippen LogP contribution in [0.2, 0.25) is 0 Å². The van der Waals surface area contributed by atoms with Crippen LogP contribution in [0, 0.1) is 18.6 Å². The second-order valence-corrected chi connectivity index (χ2v) is 9.12. The van der Waals surface area contributed by atoms with Crippen LogP contribution >= 0.6 is 0 Å². The molecule has 200 valence electrons. The minimum Gasteiger partial charge on any atom is -0.507 e. The number of ether oxygens (including phenoxy) is 2. The second kappa shape index (κ2) is 10.2. The number of hydrogen-bond acceptors (Lipinski definition) is 6. The number of halogens is 2. The van der Waals surface area contributed by atoms with Crippen LogP contribution in [0.5, 0.6) is 11.5 Å². The Labute approximate surface area is 222 Å². The lowest BCUT2D eigenvalue weighted by atomic mass is 9.94. The molecule has 3 aromatic carbocycles. The Morgan fingerprint density at radius 3 is 2.59 bits per heavy atom. The highest BCUT2D eigenvalue weighted by molar-refractivity contribution is 6.51. The van der Waals surface area contributed by atoms with E-state index in [0.29, 0.717) is 29.2 Å². The molecule has 0 radical (unpaired) electrons. The van der Waals surface area contributed by atoms with Gasteiger partial charge in [-0.25, -0.2) is 13.8 Å². The van der Waals surface area contributed by atoms with Crippen molar-refractivity contribution in [1.29, 1.82) is 0 Å². The fraction of sp³-hybridized carbons (Fsp3) is 0.207. The number of Topliss-reactive ketones (excluding diaryl/α,β-unsaturated/α-hetero) is 1. The van der Waals surface area contributed by atoms with Gasteiger partial charge in [-0.1, -0.05) is 19.1 Å². The molecule has 1 aromatic heterocycles. The Morgan fingerprint density at radius 1 is 1.10 bits per heavy atom. The number of nitrogens with one attached hydrogen (secondary N) is 1. The number of aliphatic hydroxyl groups is 1. The van der Waals surface area contributed by atoms with Crippen LogP contribution < -0.4 is 14.4 Å². The van der Waals surface area contributed by atoms with Gasteiger partial charge in [-0.2, -0.15) is 0 Å². The molecule has 1 atom stereocenters. The molecule has 1 aliphatic rings. The summed E-state index contributed by atoms with van der Waals surface area (Å²) in [5.41, 5.74) is 1.53. The van der Waals surface area contributed by atoms with Gasteiger partial charge in [0.2, 0.25) is 5.95 Å². The maximum absolute atomic E-state index is 13.9. The van der Waals surface area contributed by atoms with Crippen molar-refractivity contribution in [3.63, 3.8) is 0 Å². The molecule has 2 N–H and O–H groups in total. The number of aromatic amines is 1. The van der Waals surface area contributed by atoms with Crippen molar-refractivity contribution < 1.29 is 33.0 Å². The Hall–Kier alpha value is -4.73. The number of methoxy groups -OCH3 is 1. The molecule has 0 aliphatic carbocycles. The van der Waals surface area contributed by atoms with E-state index in [1.165, 1.54) is 7.11 Å². The molecule has 0 spiro atoms. The van der Waals surface area contributed by atoms with Crippen LogP contribution in [0.3, 0.4) is 0 Å². The molecule has 1 fully saturated rings. The number of carbonyl (C=O) groups is 2. The summed E-state index contributed by atoms with van der Waals surface area (Å²) in [6, 6.07) is 12.4. The van der Waals surface area contributed by atoms with Crippen LogP contribution in [-0.4, -0.2) is 40.5 Å². The van der Waals surface area contributed by atoms with E-state index in [0.717, 1.165) is 29.0 Å². The largest absolute Gasteiger partial charge is 0.507 e. The predicted molar refractivity (Wildman–Crippen MR) is 141 cm³/mol. The van der Waals surface area contributed by atoms with Gasteiger partial charge in [-0.3, -0.25) is 14.5 Å². The molecule has 39 heavy (non-hydrogen) atoms. The quantitative estimate of drug-likeness (QED) is 0.183. The number of nitrogens with zero attached hydrogens (tertiary/aromatic N) is 2. The average molecular weight is 534 g/mol. The van der Waals surface area contributed by atoms with Gasteiger partial charge in [-0.15, -0.1) is 0 Å². The summed E-state index contributed by atoms with van der Waals surface area (Å²) < 4.78 is 38.8. The minimum atomic E-state index is -1.12. The lowest BCUT2D eigenvalue weighted by Gasteiger charge is -2.23. The van der Waals surface area contributed by atoms with Crippen LogP contribution in [0.4, 0.5) is 14.7 Å². The zero-order valence-electron chi connectivity index (χ0n) is 21.4. The number of aryl methyl sites for hydroxylation is 1. The fourth-order valence-electron chi connectivity index (χ4n) is 4.61. The number of carbonyl (C=O) groups excluding carboxylic acids is 2. The summed E-state index contributed by atoms with van der Waals surface area (Å²) >= 11 is 0. The van der Waals surface area contributed by atoms with Crippen molar-refractivity contribution in [2.45, 2.75) is 26.3 Å². The van der Waals surface area contributed by atoms with E-state index in [1.54, 1.807) is 42.5 Å². The SMILES string of the molecule is CCCOc1ccc(/C(O)=C2\C(=O)C(=O)N(c3nc4cc(F)c(F)cc4[nH]3)C2c2cccc(OC)c2)cc1C. The van der Waals surface area contributed by atoms with Crippen LogP contribution in [-0.2, 0) is 9.59 Å². The lowest BCUT2D eigenvalue weighted by molar-refractivity contribution is -0.132. The van der Waals surface area contributed by atoms with Crippen molar-refractivity contribution in [1.82, 2.24) is 9.97 Å². The van der Waals surface area contributed by atoms with E-state index in [4.69, 9.17) is 9.47 Å². The zero-order chi connectivity index (χ0) is 27.8. The van der Waals surface area contributed by atoms with E-state index in [1.807, 2.05) is 13.8 Å². The van der Waals surface area contributed by atoms with E-state index >= 15 is 0 Å². The number of benzene rings is 3. The minimum absolute atomic E-state index is 0.0634. The van der Waals surface area contributed by atoms with Gasteiger partial charge in [0.1, 0.15) is 17.3 Å². The van der Waals surface area contributed by atoms with Crippen LogP contribution in [0.1, 0.15) is 36.1 Å². The molecule has 1 amide bonds. The van der Waals surface area contributed by atoms with Crippen molar-refractivity contribution in [3.05, 3.63) is 88.5 Å². The van der Waals surface area contributed by atoms with Crippen LogP contribution in [0.25, 0.3) is 16.8 Å². The summed E-state index contributed by atoms with van der Waals surface area (Å²) in [5.74, 6) is -3.50. The number of H-pyrrole nitrogens is 1. The van der Waals surface area contributed by atoms with Gasteiger partial charge < -0.3 is 19.6 Å². The highest BCUT2D eigenvalue weighted by atomic mass is 19.2. The Bertz CT molecular complexity index is 1610. The molecule has 8 nitrogen and oxygen atoms in total. The third-order valence-corrected chi connectivity index (χ3v) is 6.50. The van der Waals surface area contributed by atoms with Gasteiger partial charge in [0, 0.05) is 17.7 Å². The van der Waals surface area contributed by atoms with Crippen molar-refractivity contribution in [3.8, 4) is 11.5 Å². The molecular weight excluding hydrogens is 508 g/mol. The first-order valence-corrected chi connectivity index (χ1v) is 12.3. The molecule has 1 aliphatic heterocycles. The number of hydrogen-bond donors (Lipinski definition) is 2. The molecule has 0 bridgehead atoms. The number of amides is 1. The van der Waals surface area contributed by atoms with Gasteiger partial charge in [0.25, 0.3) is 5.78 Å². The topological polar surface area (TPSA) is 105 Å². The first-order chi connectivity index (χ1) is 18.7. The molecule has 10 heteroatoms. The number of rotatable bonds is 7. The summed E-state index contributed by atoms with van der Waals surface area (Å²) in [7, 11) is 1.48. The molecule has 1 unspecified atom stereocenters. The number of ketones is 1. The van der Waals surface area contributed by atoms with E-state index in [9.17, 15) is 23.5 Å². The highest BCUT2D eigenvalue weighted by Gasteiger charge is 2.48. The first-order valence-electron chi connectivity index (χ1n) is 12.3. The summed E-state index contributed by atoms with van der Waals surface area (Å²) in [4.78, 5) is 35.0. The maximum Gasteiger partial charge on any atom is 0.302 e. The van der Waals surface area contributed by atoms with Gasteiger partial charge >= 0.3 is 5.91 Å². The summed E-state index contributed by atoms with van der Waals surface area (Å²) in [5, 5.41) is 11.4. The average Bonchev–Trinajstić information content (AvgIpc) is 3.44. The first kappa shape index (κ1) is 25.9. The predicted octanol–water partition coefficient (Wildman–Crippen LogP) is 5.57. The van der Waals surface area contributed by atoms with Gasteiger partial charge in [0.05, 0.1) is 36.4 Å². The van der Waals surface area contributed by atoms with Gasteiger partial charge in [-0.05, 0) is 54.8 Å². The van der Waals surface area contributed by atoms with Crippen molar-refractivity contribution >= 4 is 34.4 Å². The standard InChI is InChI=1S/C29H25F2N3O5/c1-4-10-39-23-9-8-17(11-15(23)2)26(35)24-25(16-6-5-7-18(12-16)38-3)34(28(37)27(24)36)29-32-21-13-19(30)20(31)14-22(21)33-29/h5-9,11-14,25,35H,4,10H2,1-3H3,(H,32,33)/b26-24+. The molecule has 5 rings (SSSR count). The fourth-order valence-corrected chi connectivity index (χ4v) is 4.61. The van der Waals surface area contributed by atoms with Gasteiger partial charge in [0.15, 0.2) is 11.6 Å². The van der Waals surface area contributed by atoms with Crippen molar-refractivity contribution in [2.75, 3.05) is 18.6 Å². The Kier molecular flexibility index (Phi) is 6.78. The lowest BCUT2D eigenvalue weighted by Crippen LogP contribution is -2.30. The maximum atomic E-state index is 13.9. The summed E-state index contributed by atoms with van der Waals surface area (Å²) in [6.07, 6.45) is 0.826. The molecule has 0 saturated carbocycles.